The van der Waals surface area contributed by atoms with E-state index >= 15 is 0 Å². The molecule has 1 fully saturated rings. The molecule has 0 bridgehead atoms. The van der Waals surface area contributed by atoms with Gasteiger partial charge in [0.25, 0.3) is 11.7 Å². The van der Waals surface area contributed by atoms with Crippen LogP contribution < -0.4 is 9.64 Å². The maximum atomic E-state index is 13.3. The second-order valence-electron chi connectivity index (χ2n) is 8.34. The molecule has 3 aromatic carbocycles. The standard InChI is InChI=1S/C26H19Cl2NO5/c1-13-8-16-9-15(4-7-21(16)34-13)24(31)22-23(14-2-5-20(30)6-3-14)29(26(33)25(22)32)19-11-17(27)10-18(28)12-19/h2-7,9-13,23,30-31H,8H2,1H3/b24-22-. The number of rotatable bonds is 3. The number of hydrogen-bond acceptors (Lipinski definition) is 5. The molecule has 0 aliphatic carbocycles. The Labute approximate surface area is 205 Å². The number of benzene rings is 3. The molecule has 8 heteroatoms. The SMILES string of the molecule is CC1Cc2cc(/C(O)=C3/C(=O)C(=O)N(c4cc(Cl)cc(Cl)c4)C3c3ccc(O)cc3)ccc2O1. The number of ether oxygens (including phenoxy) is 1. The van der Waals surface area contributed by atoms with Crippen molar-refractivity contribution in [3.05, 3.63) is 93.0 Å². The Morgan fingerprint density at radius 3 is 2.35 bits per heavy atom. The van der Waals surface area contributed by atoms with E-state index in [4.69, 9.17) is 27.9 Å². The van der Waals surface area contributed by atoms with E-state index < -0.39 is 17.7 Å². The van der Waals surface area contributed by atoms with Crippen LogP contribution in [0.5, 0.6) is 11.5 Å². The lowest BCUT2D eigenvalue weighted by Crippen LogP contribution is -2.29. The van der Waals surface area contributed by atoms with Crippen LogP contribution in [0, 0.1) is 0 Å². The molecule has 2 heterocycles. The average Bonchev–Trinajstić information content (AvgIpc) is 3.29. The van der Waals surface area contributed by atoms with Gasteiger partial charge in [0.2, 0.25) is 0 Å². The molecule has 0 aromatic heterocycles. The van der Waals surface area contributed by atoms with E-state index in [0.29, 0.717) is 33.3 Å². The number of amides is 1. The number of aliphatic hydroxyl groups excluding tert-OH is 1. The smallest absolute Gasteiger partial charge is 0.300 e. The second kappa shape index (κ2) is 8.38. The number of phenols is 1. The van der Waals surface area contributed by atoms with Gasteiger partial charge in [0, 0.05) is 27.7 Å². The Bertz CT molecular complexity index is 1350. The molecular formula is C26H19Cl2NO5. The lowest BCUT2D eigenvalue weighted by atomic mass is 9.94. The average molecular weight is 496 g/mol. The quantitative estimate of drug-likeness (QED) is 0.278. The molecule has 172 valence electrons. The molecule has 2 aliphatic rings. The zero-order chi connectivity index (χ0) is 24.1. The van der Waals surface area contributed by atoms with Crippen molar-refractivity contribution in [2.75, 3.05) is 4.90 Å². The van der Waals surface area contributed by atoms with Crippen LogP contribution >= 0.6 is 23.2 Å². The number of Topliss-reactive ketones (excluding diaryl/α,β-unsaturated/α-hetero) is 1. The first-order valence-electron chi connectivity index (χ1n) is 10.6. The Hall–Kier alpha value is -3.48. The summed E-state index contributed by atoms with van der Waals surface area (Å²) >= 11 is 12.3. The van der Waals surface area contributed by atoms with E-state index in [9.17, 15) is 19.8 Å². The summed E-state index contributed by atoms with van der Waals surface area (Å²) in [5.74, 6) is -1.20. The number of nitrogens with zero attached hydrogens (tertiary/aromatic N) is 1. The summed E-state index contributed by atoms with van der Waals surface area (Å²) < 4.78 is 5.73. The topological polar surface area (TPSA) is 87.1 Å². The van der Waals surface area contributed by atoms with Gasteiger partial charge in [-0.15, -0.1) is 0 Å². The van der Waals surface area contributed by atoms with Gasteiger partial charge in [0.1, 0.15) is 23.4 Å². The first-order chi connectivity index (χ1) is 16.2. The number of carbonyl (C=O) groups is 2. The first-order valence-corrected chi connectivity index (χ1v) is 11.3. The highest BCUT2D eigenvalue weighted by Gasteiger charge is 2.47. The van der Waals surface area contributed by atoms with Gasteiger partial charge in [0.15, 0.2) is 0 Å². The van der Waals surface area contributed by atoms with Crippen LogP contribution in [0.1, 0.15) is 29.7 Å². The minimum Gasteiger partial charge on any atom is -0.508 e. The normalized spacial score (nSPS) is 21.0. The molecular weight excluding hydrogens is 477 g/mol. The van der Waals surface area contributed by atoms with Crippen molar-refractivity contribution >= 4 is 46.3 Å². The highest BCUT2D eigenvalue weighted by atomic mass is 35.5. The third-order valence-corrected chi connectivity index (χ3v) is 6.38. The third-order valence-electron chi connectivity index (χ3n) is 5.95. The molecule has 0 spiro atoms. The lowest BCUT2D eigenvalue weighted by molar-refractivity contribution is -0.132. The van der Waals surface area contributed by atoms with Gasteiger partial charge in [-0.25, -0.2) is 0 Å². The summed E-state index contributed by atoms with van der Waals surface area (Å²) in [7, 11) is 0. The van der Waals surface area contributed by atoms with E-state index in [1.54, 1.807) is 30.3 Å². The fraction of sp³-hybridized carbons (Fsp3) is 0.154. The first kappa shape index (κ1) is 22.3. The zero-order valence-electron chi connectivity index (χ0n) is 18.0. The molecule has 2 unspecified atom stereocenters. The molecule has 1 saturated heterocycles. The minimum absolute atomic E-state index is 0.0163. The Balaban J connectivity index is 1.70. The zero-order valence-corrected chi connectivity index (χ0v) is 19.5. The van der Waals surface area contributed by atoms with E-state index in [1.165, 1.54) is 35.2 Å². The van der Waals surface area contributed by atoms with Crippen LogP contribution in [0.3, 0.4) is 0 Å². The van der Waals surface area contributed by atoms with Crippen molar-refractivity contribution in [3.63, 3.8) is 0 Å². The third kappa shape index (κ3) is 3.79. The van der Waals surface area contributed by atoms with Crippen molar-refractivity contribution in [1.29, 1.82) is 0 Å². The lowest BCUT2D eigenvalue weighted by Gasteiger charge is -2.26. The Kier molecular flexibility index (Phi) is 5.50. The predicted molar refractivity (Wildman–Crippen MR) is 130 cm³/mol. The summed E-state index contributed by atoms with van der Waals surface area (Å²) in [5, 5.41) is 21.7. The largest absolute Gasteiger partial charge is 0.508 e. The highest BCUT2D eigenvalue weighted by Crippen LogP contribution is 2.44. The van der Waals surface area contributed by atoms with Gasteiger partial charge in [-0.3, -0.25) is 14.5 Å². The summed E-state index contributed by atoms with van der Waals surface area (Å²) in [6.07, 6.45) is 0.690. The molecule has 0 radical (unpaired) electrons. The number of anilines is 1. The van der Waals surface area contributed by atoms with Gasteiger partial charge in [-0.2, -0.15) is 0 Å². The fourth-order valence-corrected chi connectivity index (χ4v) is 4.99. The molecule has 1 amide bonds. The van der Waals surface area contributed by atoms with E-state index in [-0.39, 0.29) is 23.2 Å². The van der Waals surface area contributed by atoms with Gasteiger partial charge >= 0.3 is 0 Å². The number of halogens is 2. The fourth-order valence-electron chi connectivity index (χ4n) is 4.47. The van der Waals surface area contributed by atoms with Crippen LogP contribution in [0.25, 0.3) is 5.76 Å². The van der Waals surface area contributed by atoms with Crippen LogP contribution in [0.2, 0.25) is 10.0 Å². The van der Waals surface area contributed by atoms with Gasteiger partial charge < -0.3 is 14.9 Å². The van der Waals surface area contributed by atoms with Gasteiger partial charge in [-0.1, -0.05) is 35.3 Å². The monoisotopic (exact) mass is 495 g/mol. The van der Waals surface area contributed by atoms with E-state index in [2.05, 4.69) is 0 Å². The maximum Gasteiger partial charge on any atom is 0.300 e. The summed E-state index contributed by atoms with van der Waals surface area (Å²) in [5.41, 5.74) is 2.08. The molecule has 5 rings (SSSR count). The maximum absolute atomic E-state index is 13.3. The minimum atomic E-state index is -0.960. The molecule has 34 heavy (non-hydrogen) atoms. The van der Waals surface area contributed by atoms with Gasteiger partial charge in [0.05, 0.1) is 11.6 Å². The van der Waals surface area contributed by atoms with Crippen LogP contribution in [0.4, 0.5) is 5.69 Å². The number of ketones is 1. The molecule has 2 aliphatic heterocycles. The van der Waals surface area contributed by atoms with E-state index in [1.807, 2.05) is 6.92 Å². The number of fused-ring (bicyclic) bond motifs is 1. The molecule has 2 N–H and O–H groups in total. The van der Waals surface area contributed by atoms with Crippen molar-refractivity contribution in [2.45, 2.75) is 25.5 Å². The number of hydrogen-bond donors (Lipinski definition) is 2. The Morgan fingerprint density at radius 2 is 1.68 bits per heavy atom. The molecule has 0 saturated carbocycles. The van der Waals surface area contributed by atoms with Crippen molar-refractivity contribution in [1.82, 2.24) is 0 Å². The summed E-state index contributed by atoms with van der Waals surface area (Å²) in [6, 6.07) is 14.9. The molecule has 2 atom stereocenters. The second-order valence-corrected chi connectivity index (χ2v) is 9.22. The molecule has 3 aromatic rings. The van der Waals surface area contributed by atoms with Crippen molar-refractivity contribution in [2.24, 2.45) is 0 Å². The van der Waals surface area contributed by atoms with Crippen molar-refractivity contribution in [3.8, 4) is 11.5 Å². The van der Waals surface area contributed by atoms with Gasteiger partial charge in [-0.05, 0) is 66.6 Å². The Morgan fingerprint density at radius 1 is 1.00 bits per heavy atom. The van der Waals surface area contributed by atoms with Crippen LogP contribution in [0.15, 0.2) is 66.2 Å². The number of aliphatic hydroxyl groups is 1. The summed E-state index contributed by atoms with van der Waals surface area (Å²) in [4.78, 5) is 27.8. The molecule has 6 nitrogen and oxygen atoms in total. The van der Waals surface area contributed by atoms with Crippen LogP contribution in [-0.2, 0) is 16.0 Å². The van der Waals surface area contributed by atoms with Crippen LogP contribution in [-0.4, -0.2) is 28.0 Å². The number of carbonyl (C=O) groups excluding carboxylic acids is 2. The number of phenolic OH excluding ortho intramolecular Hbond substituents is 1. The predicted octanol–water partition coefficient (Wildman–Crippen LogP) is 5.65. The van der Waals surface area contributed by atoms with E-state index in [0.717, 1.165) is 11.3 Å². The number of aromatic hydroxyl groups is 1. The van der Waals surface area contributed by atoms with Crippen molar-refractivity contribution < 1.29 is 24.5 Å². The highest BCUT2D eigenvalue weighted by molar-refractivity contribution is 6.52. The summed E-state index contributed by atoms with van der Waals surface area (Å²) in [6.45, 7) is 1.95.